The molecule has 3 heterocycles. The molecule has 3 aromatic heterocycles. The maximum atomic E-state index is 8.93. The van der Waals surface area contributed by atoms with Gasteiger partial charge in [0.25, 0.3) is 0 Å². The zero-order chi connectivity index (χ0) is 21.0. The van der Waals surface area contributed by atoms with Gasteiger partial charge in [0.2, 0.25) is 0 Å². The fraction of sp³-hybridized carbons (Fsp3) is 0.160. The highest BCUT2D eigenvalue weighted by atomic mass is 32.1. The summed E-state index contributed by atoms with van der Waals surface area (Å²) in [6, 6.07) is 21.3. The third kappa shape index (κ3) is 4.32. The first kappa shape index (κ1) is 19.8. The maximum absolute atomic E-state index is 8.93. The molecule has 5 rings (SSSR count). The van der Waals surface area contributed by atoms with Crippen LogP contribution < -0.4 is 10.6 Å². The standard InChI is InChI=1S/C25H24N4OS/c30-12-2-9-26-16-17-3-1-4-19(13-17)24-15-21-23(8-11-28-25(21)31-24)29-20-5-6-22-18(14-20)7-10-27-22/h1,3-8,10-11,13-15,26-27,30H,2,9,12,16H2,(H,28,29). The summed E-state index contributed by atoms with van der Waals surface area (Å²) in [6.07, 6.45) is 4.59. The highest BCUT2D eigenvalue weighted by Crippen LogP contribution is 2.37. The molecule has 0 unspecified atom stereocenters. The highest BCUT2D eigenvalue weighted by Gasteiger charge is 2.10. The number of pyridine rings is 1. The fourth-order valence-electron chi connectivity index (χ4n) is 3.75. The number of H-pyrrole nitrogens is 1. The molecule has 0 atom stereocenters. The Kier molecular flexibility index (Phi) is 5.67. The molecule has 0 aliphatic carbocycles. The quantitative estimate of drug-likeness (QED) is 0.241. The van der Waals surface area contributed by atoms with Gasteiger partial charge < -0.3 is 20.7 Å². The van der Waals surface area contributed by atoms with Gasteiger partial charge in [-0.05, 0) is 66.6 Å². The molecule has 156 valence electrons. The predicted octanol–water partition coefficient (Wildman–Crippen LogP) is 5.66. The van der Waals surface area contributed by atoms with E-state index in [0.717, 1.165) is 46.6 Å². The molecule has 0 saturated heterocycles. The number of hydrogen-bond acceptors (Lipinski definition) is 5. The number of nitrogens with zero attached hydrogens (tertiary/aromatic N) is 1. The average molecular weight is 429 g/mol. The SMILES string of the molecule is OCCCNCc1cccc(-c2cc3c(Nc4ccc5[nH]ccc5c4)ccnc3s2)c1. The molecule has 4 N–H and O–H groups in total. The summed E-state index contributed by atoms with van der Waals surface area (Å²) < 4.78 is 0. The number of nitrogens with one attached hydrogen (secondary N) is 3. The van der Waals surface area contributed by atoms with Crippen LogP contribution in [0, 0.1) is 0 Å². The number of anilines is 2. The summed E-state index contributed by atoms with van der Waals surface area (Å²) in [5.41, 5.74) is 5.68. The molecule has 0 fully saturated rings. The second-order valence-electron chi connectivity index (χ2n) is 7.55. The maximum Gasteiger partial charge on any atom is 0.125 e. The normalized spacial score (nSPS) is 11.4. The van der Waals surface area contributed by atoms with Crippen LogP contribution >= 0.6 is 11.3 Å². The van der Waals surface area contributed by atoms with Gasteiger partial charge in [-0.25, -0.2) is 4.98 Å². The fourth-order valence-corrected chi connectivity index (χ4v) is 4.77. The number of aliphatic hydroxyl groups excluding tert-OH is 1. The predicted molar refractivity (Wildman–Crippen MR) is 130 cm³/mol. The van der Waals surface area contributed by atoms with Gasteiger partial charge in [-0.2, -0.15) is 0 Å². The van der Waals surface area contributed by atoms with Crippen LogP contribution in [0.15, 0.2) is 73.1 Å². The molecule has 0 spiro atoms. The van der Waals surface area contributed by atoms with Crippen LogP contribution in [-0.4, -0.2) is 28.2 Å². The number of rotatable bonds is 8. The summed E-state index contributed by atoms with van der Waals surface area (Å²) in [5, 5.41) is 18.2. The van der Waals surface area contributed by atoms with Gasteiger partial charge in [0.1, 0.15) is 4.83 Å². The van der Waals surface area contributed by atoms with Crippen LogP contribution in [0.3, 0.4) is 0 Å². The minimum atomic E-state index is 0.219. The summed E-state index contributed by atoms with van der Waals surface area (Å²) in [5.74, 6) is 0. The van der Waals surface area contributed by atoms with E-state index in [9.17, 15) is 0 Å². The van der Waals surface area contributed by atoms with Crippen molar-refractivity contribution in [1.29, 1.82) is 0 Å². The lowest BCUT2D eigenvalue weighted by Gasteiger charge is -2.07. The second-order valence-corrected chi connectivity index (χ2v) is 8.58. The van der Waals surface area contributed by atoms with E-state index in [4.69, 9.17) is 5.11 Å². The lowest BCUT2D eigenvalue weighted by atomic mass is 10.1. The number of hydrogen-bond donors (Lipinski definition) is 4. The van der Waals surface area contributed by atoms with Gasteiger partial charge in [-0.1, -0.05) is 18.2 Å². The van der Waals surface area contributed by atoms with Crippen molar-refractivity contribution in [3.8, 4) is 10.4 Å². The Morgan fingerprint density at radius 2 is 2.00 bits per heavy atom. The highest BCUT2D eigenvalue weighted by molar-refractivity contribution is 7.21. The van der Waals surface area contributed by atoms with Crippen LogP contribution in [0.2, 0.25) is 0 Å². The molecular weight excluding hydrogens is 404 g/mol. The van der Waals surface area contributed by atoms with Gasteiger partial charge in [0.15, 0.2) is 0 Å². The van der Waals surface area contributed by atoms with E-state index in [-0.39, 0.29) is 6.61 Å². The molecule has 0 aliphatic heterocycles. The van der Waals surface area contributed by atoms with E-state index >= 15 is 0 Å². The van der Waals surface area contributed by atoms with Gasteiger partial charge in [0, 0.05) is 52.4 Å². The van der Waals surface area contributed by atoms with Crippen molar-refractivity contribution in [1.82, 2.24) is 15.3 Å². The Morgan fingerprint density at radius 3 is 2.94 bits per heavy atom. The van der Waals surface area contributed by atoms with Crippen molar-refractivity contribution in [2.24, 2.45) is 0 Å². The molecule has 0 saturated carbocycles. The Hall–Kier alpha value is -3.19. The zero-order valence-electron chi connectivity index (χ0n) is 17.1. The third-order valence-corrected chi connectivity index (χ3v) is 6.41. The topological polar surface area (TPSA) is 73.0 Å². The lowest BCUT2D eigenvalue weighted by Crippen LogP contribution is -2.15. The van der Waals surface area contributed by atoms with E-state index < -0.39 is 0 Å². The van der Waals surface area contributed by atoms with E-state index in [1.165, 1.54) is 21.4 Å². The van der Waals surface area contributed by atoms with Crippen LogP contribution in [0.5, 0.6) is 0 Å². The van der Waals surface area contributed by atoms with Crippen LogP contribution in [0.4, 0.5) is 11.4 Å². The minimum Gasteiger partial charge on any atom is -0.396 e. The van der Waals surface area contributed by atoms with Crippen LogP contribution in [0.25, 0.3) is 31.6 Å². The number of fused-ring (bicyclic) bond motifs is 2. The number of thiophene rings is 1. The van der Waals surface area contributed by atoms with E-state index in [2.05, 4.69) is 75.2 Å². The van der Waals surface area contributed by atoms with Gasteiger partial charge in [-0.15, -0.1) is 11.3 Å². The largest absolute Gasteiger partial charge is 0.396 e. The van der Waals surface area contributed by atoms with Gasteiger partial charge in [0.05, 0.1) is 5.69 Å². The van der Waals surface area contributed by atoms with Crippen LogP contribution in [-0.2, 0) is 6.54 Å². The Bertz CT molecular complexity index is 1320. The molecule has 0 aliphatic rings. The Balaban J connectivity index is 1.41. The summed E-state index contributed by atoms with van der Waals surface area (Å²) in [7, 11) is 0. The van der Waals surface area contributed by atoms with Crippen molar-refractivity contribution in [3.05, 3.63) is 78.6 Å². The first-order valence-corrected chi connectivity index (χ1v) is 11.3. The molecule has 31 heavy (non-hydrogen) atoms. The average Bonchev–Trinajstić information content (AvgIpc) is 3.44. The molecule has 0 radical (unpaired) electrons. The molecule has 2 aromatic carbocycles. The summed E-state index contributed by atoms with van der Waals surface area (Å²) in [4.78, 5) is 10.1. The van der Waals surface area contributed by atoms with Crippen molar-refractivity contribution in [3.63, 3.8) is 0 Å². The minimum absolute atomic E-state index is 0.219. The molecule has 5 nitrogen and oxygen atoms in total. The smallest absolute Gasteiger partial charge is 0.125 e. The lowest BCUT2D eigenvalue weighted by molar-refractivity contribution is 0.286. The first-order valence-electron chi connectivity index (χ1n) is 10.4. The Morgan fingerprint density at radius 1 is 1.03 bits per heavy atom. The van der Waals surface area contributed by atoms with Crippen molar-refractivity contribution >= 4 is 43.8 Å². The summed E-state index contributed by atoms with van der Waals surface area (Å²) in [6.45, 7) is 1.83. The second kappa shape index (κ2) is 8.89. The number of aliphatic hydroxyl groups is 1. The van der Waals surface area contributed by atoms with Crippen LogP contribution in [0.1, 0.15) is 12.0 Å². The zero-order valence-corrected chi connectivity index (χ0v) is 17.9. The first-order chi connectivity index (χ1) is 15.3. The van der Waals surface area contributed by atoms with Crippen molar-refractivity contribution < 1.29 is 5.11 Å². The molecule has 0 bridgehead atoms. The molecule has 5 aromatic rings. The van der Waals surface area contributed by atoms with E-state index in [1.807, 2.05) is 18.5 Å². The Labute approximate surface area is 184 Å². The van der Waals surface area contributed by atoms with E-state index in [0.29, 0.717) is 0 Å². The number of aromatic nitrogens is 2. The molecular formula is C25H24N4OS. The van der Waals surface area contributed by atoms with Crippen molar-refractivity contribution in [2.45, 2.75) is 13.0 Å². The third-order valence-electron chi connectivity index (χ3n) is 5.32. The number of aromatic amines is 1. The van der Waals surface area contributed by atoms with Gasteiger partial charge in [-0.3, -0.25) is 0 Å². The van der Waals surface area contributed by atoms with Gasteiger partial charge >= 0.3 is 0 Å². The molecule has 0 amide bonds. The summed E-state index contributed by atoms with van der Waals surface area (Å²) >= 11 is 1.71. The molecule has 6 heteroatoms. The monoisotopic (exact) mass is 428 g/mol. The number of benzene rings is 2. The van der Waals surface area contributed by atoms with Crippen molar-refractivity contribution in [2.75, 3.05) is 18.5 Å². The van der Waals surface area contributed by atoms with E-state index in [1.54, 1.807) is 11.3 Å².